The quantitative estimate of drug-likeness (QED) is 0.830. The van der Waals surface area contributed by atoms with Crippen molar-refractivity contribution in [3.8, 4) is 0 Å². The molecular formula is C14H20N2O5. The first-order chi connectivity index (χ1) is 9.74. The molecule has 7 nitrogen and oxygen atoms in total. The number of esters is 2. The average Bonchev–Trinajstić information content (AvgIpc) is 2.95. The maximum atomic E-state index is 12.5. The predicted molar refractivity (Wildman–Crippen MR) is 72.8 cm³/mol. The van der Waals surface area contributed by atoms with Gasteiger partial charge in [0.15, 0.2) is 0 Å². The molecule has 1 aliphatic carbocycles. The molecule has 1 saturated carbocycles. The van der Waals surface area contributed by atoms with Gasteiger partial charge in [0.2, 0.25) is 5.76 Å². The molecule has 0 spiro atoms. The average molecular weight is 296 g/mol. The SMILES string of the molecule is CNC1CC1(C(=O)OC(C)(C)C)c1cc(C(=O)OC)on1. The first-order valence-corrected chi connectivity index (χ1v) is 6.71. The summed E-state index contributed by atoms with van der Waals surface area (Å²) in [4.78, 5) is 23.9. The lowest BCUT2D eigenvalue weighted by molar-refractivity contribution is -0.158. The van der Waals surface area contributed by atoms with E-state index in [-0.39, 0.29) is 17.8 Å². The molecule has 0 bridgehead atoms. The lowest BCUT2D eigenvalue weighted by atomic mass is 10.0. The minimum atomic E-state index is -0.905. The molecule has 0 aliphatic heterocycles. The second-order valence-corrected chi connectivity index (χ2v) is 6.09. The molecule has 0 aromatic carbocycles. The molecule has 1 N–H and O–H groups in total. The lowest BCUT2D eigenvalue weighted by Crippen LogP contribution is -2.36. The Morgan fingerprint density at radius 2 is 2.14 bits per heavy atom. The summed E-state index contributed by atoms with van der Waals surface area (Å²) in [6.45, 7) is 5.41. The summed E-state index contributed by atoms with van der Waals surface area (Å²) in [5.74, 6) is -1.04. The Morgan fingerprint density at radius 1 is 1.48 bits per heavy atom. The molecule has 2 unspecified atom stereocenters. The fourth-order valence-electron chi connectivity index (χ4n) is 2.28. The van der Waals surface area contributed by atoms with Gasteiger partial charge in [0, 0.05) is 12.1 Å². The van der Waals surface area contributed by atoms with E-state index in [1.165, 1.54) is 13.2 Å². The fraction of sp³-hybridized carbons (Fsp3) is 0.643. The van der Waals surface area contributed by atoms with E-state index in [1.54, 1.807) is 27.8 Å². The van der Waals surface area contributed by atoms with E-state index in [9.17, 15) is 9.59 Å². The normalized spacial score (nSPS) is 24.5. The largest absolute Gasteiger partial charge is 0.463 e. The molecule has 1 heterocycles. The number of nitrogens with zero attached hydrogens (tertiary/aromatic N) is 1. The van der Waals surface area contributed by atoms with E-state index in [2.05, 4.69) is 15.2 Å². The van der Waals surface area contributed by atoms with Crippen molar-refractivity contribution in [2.75, 3.05) is 14.2 Å². The van der Waals surface area contributed by atoms with Crippen LogP contribution in [0.5, 0.6) is 0 Å². The van der Waals surface area contributed by atoms with Gasteiger partial charge in [-0.1, -0.05) is 5.16 Å². The monoisotopic (exact) mass is 296 g/mol. The summed E-state index contributed by atoms with van der Waals surface area (Å²) >= 11 is 0. The van der Waals surface area contributed by atoms with Crippen LogP contribution in [0.4, 0.5) is 0 Å². The van der Waals surface area contributed by atoms with E-state index >= 15 is 0 Å². The van der Waals surface area contributed by atoms with Crippen LogP contribution in [0.15, 0.2) is 10.6 Å². The maximum Gasteiger partial charge on any atom is 0.376 e. The van der Waals surface area contributed by atoms with Crippen LogP contribution in [0.3, 0.4) is 0 Å². The van der Waals surface area contributed by atoms with Crippen molar-refractivity contribution in [3.63, 3.8) is 0 Å². The van der Waals surface area contributed by atoms with Crippen molar-refractivity contribution in [3.05, 3.63) is 17.5 Å². The number of nitrogens with one attached hydrogen (secondary N) is 1. The Bertz CT molecular complexity index is 560. The van der Waals surface area contributed by atoms with Crippen LogP contribution in [0.25, 0.3) is 0 Å². The lowest BCUT2D eigenvalue weighted by Gasteiger charge is -2.23. The highest BCUT2D eigenvalue weighted by Gasteiger charge is 2.64. The van der Waals surface area contributed by atoms with Gasteiger partial charge >= 0.3 is 11.9 Å². The van der Waals surface area contributed by atoms with Crippen LogP contribution in [0, 0.1) is 0 Å². The number of methoxy groups -OCH3 is 1. The number of carbonyl (C=O) groups excluding carboxylic acids is 2. The van der Waals surface area contributed by atoms with Crippen LogP contribution < -0.4 is 5.32 Å². The zero-order valence-corrected chi connectivity index (χ0v) is 12.9. The summed E-state index contributed by atoms with van der Waals surface area (Å²) in [5, 5.41) is 6.90. The zero-order chi connectivity index (χ0) is 15.8. The van der Waals surface area contributed by atoms with Crippen molar-refractivity contribution in [1.29, 1.82) is 0 Å². The first-order valence-electron chi connectivity index (χ1n) is 6.71. The molecule has 0 amide bonds. The Kier molecular flexibility index (Phi) is 3.79. The Balaban J connectivity index is 2.29. The highest BCUT2D eigenvalue weighted by Crippen LogP contribution is 2.49. The van der Waals surface area contributed by atoms with E-state index in [0.29, 0.717) is 12.1 Å². The van der Waals surface area contributed by atoms with Crippen molar-refractivity contribution < 1.29 is 23.6 Å². The van der Waals surface area contributed by atoms with Crippen molar-refractivity contribution in [2.45, 2.75) is 44.2 Å². The summed E-state index contributed by atoms with van der Waals surface area (Å²) in [7, 11) is 3.01. The molecule has 0 radical (unpaired) electrons. The van der Waals surface area contributed by atoms with Crippen molar-refractivity contribution >= 4 is 11.9 Å². The van der Waals surface area contributed by atoms with Gasteiger partial charge in [0.1, 0.15) is 16.7 Å². The summed E-state index contributed by atoms with van der Waals surface area (Å²) < 4.78 is 15.0. The molecule has 1 aromatic rings. The summed E-state index contributed by atoms with van der Waals surface area (Å²) in [6.07, 6.45) is 0.547. The second-order valence-electron chi connectivity index (χ2n) is 6.09. The van der Waals surface area contributed by atoms with Crippen LogP contribution in [-0.4, -0.2) is 42.9 Å². The topological polar surface area (TPSA) is 90.7 Å². The van der Waals surface area contributed by atoms with Crippen molar-refractivity contribution in [1.82, 2.24) is 10.5 Å². The maximum absolute atomic E-state index is 12.5. The smallest absolute Gasteiger partial charge is 0.376 e. The van der Waals surface area contributed by atoms with Crippen molar-refractivity contribution in [2.24, 2.45) is 0 Å². The number of ether oxygens (including phenoxy) is 2. The number of hydrogen-bond acceptors (Lipinski definition) is 7. The highest BCUT2D eigenvalue weighted by atomic mass is 16.6. The van der Waals surface area contributed by atoms with Crippen LogP contribution in [0.2, 0.25) is 0 Å². The molecule has 0 saturated heterocycles. The second kappa shape index (κ2) is 5.14. The first kappa shape index (κ1) is 15.5. The van der Waals surface area contributed by atoms with Crippen LogP contribution >= 0.6 is 0 Å². The third kappa shape index (κ3) is 2.78. The van der Waals surface area contributed by atoms with Crippen LogP contribution in [0.1, 0.15) is 43.4 Å². The van der Waals surface area contributed by atoms with Gasteiger partial charge in [-0.3, -0.25) is 4.79 Å². The summed E-state index contributed by atoms with van der Waals surface area (Å²) in [5.41, 5.74) is -1.12. The van der Waals surface area contributed by atoms with Gasteiger partial charge < -0.3 is 19.3 Å². The van der Waals surface area contributed by atoms with Gasteiger partial charge in [-0.15, -0.1) is 0 Å². The molecule has 7 heteroatoms. The van der Waals surface area contributed by atoms with E-state index in [0.717, 1.165) is 0 Å². The number of hydrogen-bond donors (Lipinski definition) is 1. The molecular weight excluding hydrogens is 276 g/mol. The van der Waals surface area contributed by atoms with Gasteiger partial charge in [0.05, 0.1) is 7.11 Å². The number of aromatic nitrogens is 1. The Labute approximate surface area is 123 Å². The molecule has 21 heavy (non-hydrogen) atoms. The van der Waals surface area contributed by atoms with Crippen LogP contribution in [-0.2, 0) is 19.7 Å². The third-order valence-electron chi connectivity index (χ3n) is 3.43. The molecule has 1 aliphatic rings. The van der Waals surface area contributed by atoms with Gasteiger partial charge in [-0.25, -0.2) is 4.79 Å². The van der Waals surface area contributed by atoms with E-state index < -0.39 is 17.0 Å². The number of carbonyl (C=O) groups is 2. The minimum absolute atomic E-state index is 0.0304. The Hall–Kier alpha value is -1.89. The highest BCUT2D eigenvalue weighted by molar-refractivity contribution is 5.90. The van der Waals surface area contributed by atoms with E-state index in [1.807, 2.05) is 0 Å². The molecule has 116 valence electrons. The fourth-order valence-corrected chi connectivity index (χ4v) is 2.28. The number of rotatable bonds is 4. The summed E-state index contributed by atoms with van der Waals surface area (Å²) in [6, 6.07) is 1.34. The van der Waals surface area contributed by atoms with Gasteiger partial charge in [0.25, 0.3) is 0 Å². The molecule has 1 aromatic heterocycles. The number of likely N-dealkylation sites (N-methyl/N-ethyl adjacent to an activating group) is 1. The molecule has 2 rings (SSSR count). The molecule has 1 fully saturated rings. The molecule has 2 atom stereocenters. The third-order valence-corrected chi connectivity index (χ3v) is 3.43. The van der Waals surface area contributed by atoms with Gasteiger partial charge in [-0.05, 0) is 34.2 Å². The standard InChI is InChI=1S/C14H20N2O5/c1-13(2,3)20-12(18)14(7-10(14)15-4)9-6-8(21-16-9)11(17)19-5/h6,10,15H,7H2,1-5H3. The zero-order valence-electron chi connectivity index (χ0n) is 12.9. The van der Waals surface area contributed by atoms with Gasteiger partial charge in [-0.2, -0.15) is 0 Å². The Morgan fingerprint density at radius 3 is 2.62 bits per heavy atom. The van der Waals surface area contributed by atoms with E-state index in [4.69, 9.17) is 9.26 Å². The minimum Gasteiger partial charge on any atom is -0.463 e. The predicted octanol–water partition coefficient (Wildman–Crippen LogP) is 1.03.